The second-order valence-corrected chi connectivity index (χ2v) is 6.73. The van der Waals surface area contributed by atoms with Crippen molar-refractivity contribution in [3.8, 4) is 0 Å². The van der Waals surface area contributed by atoms with Crippen LogP contribution in [0, 0.1) is 13.8 Å². The number of aromatic nitrogens is 2. The first-order valence-electron chi connectivity index (χ1n) is 8.23. The fourth-order valence-corrected chi connectivity index (χ4v) is 3.41. The molecule has 0 aliphatic carbocycles. The smallest absolute Gasteiger partial charge is 0.227 e. The maximum atomic E-state index is 12.6. The predicted molar refractivity (Wildman–Crippen MR) is 96.6 cm³/mol. The van der Waals surface area contributed by atoms with Crippen LogP contribution in [0.2, 0.25) is 5.02 Å². The molecule has 0 atom stereocenters. The van der Waals surface area contributed by atoms with E-state index < -0.39 is 0 Å². The number of amides is 1. The van der Waals surface area contributed by atoms with Gasteiger partial charge in [0.25, 0.3) is 0 Å². The normalized spacial score (nSPS) is 15.0. The minimum absolute atomic E-state index is 0.181. The van der Waals surface area contributed by atoms with Crippen LogP contribution < -0.4 is 4.90 Å². The molecule has 2 heterocycles. The maximum absolute atomic E-state index is 12.6. The Balaban J connectivity index is 1.61. The highest BCUT2D eigenvalue weighted by Gasteiger charge is 2.23. The third kappa shape index (κ3) is 3.41. The lowest BCUT2D eigenvalue weighted by atomic mass is 10.1. The average Bonchev–Trinajstić information content (AvgIpc) is 2.81. The summed E-state index contributed by atoms with van der Waals surface area (Å²) in [4.78, 5) is 16.9. The van der Waals surface area contributed by atoms with E-state index in [1.54, 1.807) is 0 Å². The van der Waals surface area contributed by atoms with Crippen molar-refractivity contribution in [3.05, 3.63) is 46.2 Å². The highest BCUT2D eigenvalue weighted by Crippen LogP contribution is 2.21. The number of hydrogen-bond acceptors (Lipinski definition) is 3. The van der Waals surface area contributed by atoms with Crippen LogP contribution in [0.1, 0.15) is 17.0 Å². The number of halogens is 1. The van der Waals surface area contributed by atoms with Gasteiger partial charge in [0.2, 0.25) is 5.91 Å². The van der Waals surface area contributed by atoms with Gasteiger partial charge in [0.1, 0.15) is 0 Å². The summed E-state index contributed by atoms with van der Waals surface area (Å²) in [5.74, 6) is 0.181. The largest absolute Gasteiger partial charge is 0.368 e. The standard InChI is InChI=1S/C18H23ClN4O/c1-13-17(14(2)21(3)20-13)12-18(24)23-9-7-22(8-10-23)16-6-4-5-15(19)11-16/h4-6,11H,7-10,12H2,1-3H3. The summed E-state index contributed by atoms with van der Waals surface area (Å²) < 4.78 is 1.84. The summed E-state index contributed by atoms with van der Waals surface area (Å²) in [7, 11) is 1.92. The van der Waals surface area contributed by atoms with E-state index in [1.807, 2.05) is 48.7 Å². The number of aryl methyl sites for hydroxylation is 2. The van der Waals surface area contributed by atoms with E-state index in [1.165, 1.54) is 0 Å². The molecule has 24 heavy (non-hydrogen) atoms. The van der Waals surface area contributed by atoms with Crippen LogP contribution in [0.4, 0.5) is 5.69 Å². The van der Waals surface area contributed by atoms with Gasteiger partial charge in [-0.3, -0.25) is 9.48 Å². The Morgan fingerprint density at radius 1 is 1.21 bits per heavy atom. The van der Waals surface area contributed by atoms with Gasteiger partial charge in [-0.25, -0.2) is 0 Å². The third-order valence-electron chi connectivity index (χ3n) is 4.79. The van der Waals surface area contributed by atoms with Gasteiger partial charge in [0.05, 0.1) is 12.1 Å². The first-order chi connectivity index (χ1) is 11.5. The molecule has 2 aromatic rings. The molecule has 1 saturated heterocycles. The van der Waals surface area contributed by atoms with Crippen molar-refractivity contribution >= 4 is 23.2 Å². The monoisotopic (exact) mass is 346 g/mol. The number of anilines is 1. The van der Waals surface area contributed by atoms with E-state index in [2.05, 4.69) is 16.1 Å². The van der Waals surface area contributed by atoms with Crippen LogP contribution in [-0.4, -0.2) is 46.8 Å². The molecule has 1 aliphatic rings. The van der Waals surface area contributed by atoms with Crippen molar-refractivity contribution < 1.29 is 4.79 Å². The quantitative estimate of drug-likeness (QED) is 0.857. The Morgan fingerprint density at radius 2 is 1.92 bits per heavy atom. The number of piperazine rings is 1. The van der Waals surface area contributed by atoms with E-state index in [4.69, 9.17) is 11.6 Å². The number of benzene rings is 1. The zero-order valence-corrected chi connectivity index (χ0v) is 15.2. The fourth-order valence-electron chi connectivity index (χ4n) is 3.22. The summed E-state index contributed by atoms with van der Waals surface area (Å²) >= 11 is 6.07. The molecule has 0 radical (unpaired) electrons. The molecule has 1 aromatic carbocycles. The molecule has 0 unspecified atom stereocenters. The van der Waals surface area contributed by atoms with Gasteiger partial charge in [0, 0.05) is 55.2 Å². The number of carbonyl (C=O) groups excluding carboxylic acids is 1. The Morgan fingerprint density at radius 3 is 2.50 bits per heavy atom. The molecule has 0 saturated carbocycles. The second kappa shape index (κ2) is 6.85. The lowest BCUT2D eigenvalue weighted by Gasteiger charge is -2.36. The van der Waals surface area contributed by atoms with E-state index in [0.29, 0.717) is 6.42 Å². The maximum Gasteiger partial charge on any atom is 0.227 e. The molecule has 3 rings (SSSR count). The molecule has 0 spiro atoms. The lowest BCUT2D eigenvalue weighted by Crippen LogP contribution is -2.49. The SMILES string of the molecule is Cc1nn(C)c(C)c1CC(=O)N1CCN(c2cccc(Cl)c2)CC1. The van der Waals surface area contributed by atoms with Crippen molar-refractivity contribution in [2.24, 2.45) is 7.05 Å². The topological polar surface area (TPSA) is 41.4 Å². The van der Waals surface area contributed by atoms with Crippen LogP contribution in [0.3, 0.4) is 0 Å². The third-order valence-corrected chi connectivity index (χ3v) is 5.03. The number of nitrogens with zero attached hydrogens (tertiary/aromatic N) is 4. The number of rotatable bonds is 3. The molecule has 6 heteroatoms. The minimum Gasteiger partial charge on any atom is -0.368 e. The summed E-state index contributed by atoms with van der Waals surface area (Å²) in [5.41, 5.74) is 4.19. The predicted octanol–water partition coefficient (Wildman–Crippen LogP) is 2.58. The highest BCUT2D eigenvalue weighted by atomic mass is 35.5. The zero-order valence-electron chi connectivity index (χ0n) is 14.4. The molecule has 128 valence electrons. The van der Waals surface area contributed by atoms with Crippen LogP contribution in [-0.2, 0) is 18.3 Å². The Hall–Kier alpha value is -2.01. The van der Waals surface area contributed by atoms with Gasteiger partial charge in [0.15, 0.2) is 0 Å². The van der Waals surface area contributed by atoms with Gasteiger partial charge in [-0.2, -0.15) is 5.10 Å². The van der Waals surface area contributed by atoms with Gasteiger partial charge >= 0.3 is 0 Å². The van der Waals surface area contributed by atoms with Crippen molar-refractivity contribution in [2.75, 3.05) is 31.1 Å². The summed E-state index contributed by atoms with van der Waals surface area (Å²) in [6, 6.07) is 7.87. The van der Waals surface area contributed by atoms with Crippen LogP contribution in [0.5, 0.6) is 0 Å². The van der Waals surface area contributed by atoms with Crippen LogP contribution >= 0.6 is 11.6 Å². The molecule has 1 fully saturated rings. The molecule has 0 N–H and O–H groups in total. The summed E-state index contributed by atoms with van der Waals surface area (Å²) in [5, 5.41) is 5.14. The van der Waals surface area contributed by atoms with Gasteiger partial charge in [-0.15, -0.1) is 0 Å². The van der Waals surface area contributed by atoms with Crippen molar-refractivity contribution in [1.29, 1.82) is 0 Å². The molecular weight excluding hydrogens is 324 g/mol. The highest BCUT2D eigenvalue weighted by molar-refractivity contribution is 6.30. The van der Waals surface area contributed by atoms with Crippen LogP contribution in [0.25, 0.3) is 0 Å². The molecule has 5 nitrogen and oxygen atoms in total. The number of hydrogen-bond donors (Lipinski definition) is 0. The Kier molecular flexibility index (Phi) is 4.81. The van der Waals surface area contributed by atoms with Crippen molar-refractivity contribution in [1.82, 2.24) is 14.7 Å². The lowest BCUT2D eigenvalue weighted by molar-refractivity contribution is -0.130. The zero-order chi connectivity index (χ0) is 17.3. The molecule has 0 bridgehead atoms. The Bertz CT molecular complexity index is 747. The number of carbonyl (C=O) groups is 1. The van der Waals surface area contributed by atoms with Gasteiger partial charge in [-0.1, -0.05) is 17.7 Å². The van der Waals surface area contributed by atoms with E-state index in [-0.39, 0.29) is 5.91 Å². The first kappa shape index (κ1) is 16.8. The van der Waals surface area contributed by atoms with Crippen molar-refractivity contribution in [2.45, 2.75) is 20.3 Å². The average molecular weight is 347 g/mol. The summed E-state index contributed by atoms with van der Waals surface area (Å²) in [6.45, 7) is 7.12. The van der Waals surface area contributed by atoms with E-state index >= 15 is 0 Å². The van der Waals surface area contributed by atoms with E-state index in [0.717, 1.165) is 53.8 Å². The molecule has 1 aliphatic heterocycles. The molecular formula is C18H23ClN4O. The van der Waals surface area contributed by atoms with Crippen molar-refractivity contribution in [3.63, 3.8) is 0 Å². The molecule has 1 amide bonds. The second-order valence-electron chi connectivity index (χ2n) is 6.30. The Labute approximate surface area is 147 Å². The van der Waals surface area contributed by atoms with Gasteiger partial charge in [-0.05, 0) is 32.0 Å². The molecule has 1 aromatic heterocycles. The van der Waals surface area contributed by atoms with Gasteiger partial charge < -0.3 is 9.80 Å². The summed E-state index contributed by atoms with van der Waals surface area (Å²) in [6.07, 6.45) is 0.433. The first-order valence-corrected chi connectivity index (χ1v) is 8.61. The fraction of sp³-hybridized carbons (Fsp3) is 0.444. The van der Waals surface area contributed by atoms with E-state index in [9.17, 15) is 4.79 Å². The van der Waals surface area contributed by atoms with Crippen LogP contribution in [0.15, 0.2) is 24.3 Å². The minimum atomic E-state index is 0.181.